The molecule has 48 heavy (non-hydrogen) atoms. The molecule has 2 amide bonds. The van der Waals surface area contributed by atoms with Crippen LogP contribution in [0, 0.1) is 5.82 Å². The Bertz CT molecular complexity index is 1730. The number of fused-ring (bicyclic) bond motifs is 1. The van der Waals surface area contributed by atoms with Gasteiger partial charge < -0.3 is 24.1 Å². The Kier molecular flexibility index (Phi) is 10.6. The highest BCUT2D eigenvalue weighted by Crippen LogP contribution is 2.45. The molecule has 1 aliphatic heterocycles. The Morgan fingerprint density at radius 1 is 0.979 bits per heavy atom. The quantitative estimate of drug-likeness (QED) is 0.219. The average molecular weight is 667 g/mol. The van der Waals surface area contributed by atoms with Crippen LogP contribution in [0.5, 0.6) is 11.5 Å². The second-order valence-electron chi connectivity index (χ2n) is 13.1. The van der Waals surface area contributed by atoms with Crippen LogP contribution in [-0.4, -0.2) is 33.8 Å². The van der Waals surface area contributed by atoms with Gasteiger partial charge in [0.15, 0.2) is 0 Å². The number of benzene rings is 3. The van der Waals surface area contributed by atoms with E-state index in [0.717, 1.165) is 11.0 Å². The van der Waals surface area contributed by atoms with E-state index in [4.69, 9.17) is 13.9 Å². The Hall–Kier alpha value is -4.87. The lowest BCUT2D eigenvalue weighted by atomic mass is 9.97. The maximum Gasteiger partial charge on any atom is 0.408 e. The molecule has 0 bridgehead atoms. The second-order valence-corrected chi connectivity index (χ2v) is 13.1. The predicted molar refractivity (Wildman–Crippen MR) is 176 cm³/mol. The van der Waals surface area contributed by atoms with E-state index in [-0.39, 0.29) is 29.6 Å². The summed E-state index contributed by atoms with van der Waals surface area (Å²) < 4.78 is 64.2. The van der Waals surface area contributed by atoms with Gasteiger partial charge in [-0.25, -0.2) is 18.0 Å². The molecular formula is C36H41F3N4O5. The van der Waals surface area contributed by atoms with Gasteiger partial charge >= 0.3 is 6.09 Å². The molecule has 0 saturated heterocycles. The van der Waals surface area contributed by atoms with E-state index in [1.165, 1.54) is 0 Å². The van der Waals surface area contributed by atoms with Crippen molar-refractivity contribution < 1.29 is 36.7 Å². The van der Waals surface area contributed by atoms with Crippen LogP contribution in [0.1, 0.15) is 78.8 Å². The molecule has 1 unspecified atom stereocenters. The molecule has 2 heterocycles. The first-order valence-electron chi connectivity index (χ1n) is 15.7. The third-order valence-corrected chi connectivity index (χ3v) is 7.03. The molecule has 1 N–H and O–H groups in total. The Balaban J connectivity index is 0.00000255. The molecule has 1 aromatic heterocycles. The average Bonchev–Trinajstić information content (AvgIpc) is 3.50. The summed E-state index contributed by atoms with van der Waals surface area (Å²) in [6, 6.07) is 15.9. The molecule has 1 atom stereocenters. The number of nitrogens with one attached hydrogen (secondary N) is 1. The van der Waals surface area contributed by atoms with Gasteiger partial charge in [-0.05, 0) is 62.7 Å². The Labute approximate surface area is 278 Å². The maximum atomic E-state index is 15.9. The highest BCUT2D eigenvalue weighted by Gasteiger charge is 2.47. The minimum Gasteiger partial charge on any atom is -0.457 e. The zero-order chi connectivity index (χ0) is 35.4. The number of anilines is 1. The predicted octanol–water partition coefficient (Wildman–Crippen LogP) is 8.91. The van der Waals surface area contributed by atoms with Crippen LogP contribution >= 0.6 is 0 Å². The summed E-state index contributed by atoms with van der Waals surface area (Å²) in [6.45, 7) is 14.1. The Morgan fingerprint density at radius 2 is 1.60 bits per heavy atom. The summed E-state index contributed by atoms with van der Waals surface area (Å²) in [4.78, 5) is 27.8. The number of para-hydroxylation sites is 1. The zero-order valence-corrected chi connectivity index (χ0v) is 28.4. The summed E-state index contributed by atoms with van der Waals surface area (Å²) in [5.41, 5.74) is -2.18. The summed E-state index contributed by atoms with van der Waals surface area (Å²) >= 11 is 0. The monoisotopic (exact) mass is 666 g/mol. The largest absolute Gasteiger partial charge is 0.457 e. The summed E-state index contributed by atoms with van der Waals surface area (Å²) in [5.74, 6) is -4.47. The lowest BCUT2D eigenvalue weighted by molar-refractivity contribution is -0.123. The number of alkyl halides is 2. The summed E-state index contributed by atoms with van der Waals surface area (Å²) in [7, 11) is 0. The Morgan fingerprint density at radius 3 is 2.19 bits per heavy atom. The van der Waals surface area contributed by atoms with E-state index in [1.54, 1.807) is 57.2 Å². The van der Waals surface area contributed by atoms with Gasteiger partial charge in [0.1, 0.15) is 29.0 Å². The van der Waals surface area contributed by atoms with Crippen molar-refractivity contribution in [3.05, 3.63) is 89.6 Å². The zero-order valence-electron chi connectivity index (χ0n) is 28.4. The molecule has 9 nitrogen and oxygen atoms in total. The molecule has 0 spiro atoms. The minimum absolute atomic E-state index is 0.192. The lowest BCUT2D eigenvalue weighted by Gasteiger charge is -2.27. The number of nitrogens with zero attached hydrogens (tertiary/aromatic N) is 3. The third kappa shape index (κ3) is 8.53. The van der Waals surface area contributed by atoms with E-state index < -0.39 is 52.8 Å². The van der Waals surface area contributed by atoms with Gasteiger partial charge in [0.25, 0.3) is 11.8 Å². The lowest BCUT2D eigenvalue weighted by Crippen LogP contribution is -2.49. The van der Waals surface area contributed by atoms with Gasteiger partial charge in [-0.15, -0.1) is 10.2 Å². The summed E-state index contributed by atoms with van der Waals surface area (Å²) in [6.07, 6.45) is -2.16. The first-order chi connectivity index (χ1) is 22.5. The maximum absolute atomic E-state index is 15.9. The van der Waals surface area contributed by atoms with Crippen LogP contribution in [0.3, 0.4) is 0 Å². The van der Waals surface area contributed by atoms with Gasteiger partial charge in [-0.1, -0.05) is 65.0 Å². The van der Waals surface area contributed by atoms with Crippen molar-refractivity contribution in [3.8, 4) is 23.0 Å². The van der Waals surface area contributed by atoms with Gasteiger partial charge in [-0.3, -0.25) is 4.79 Å². The second kappa shape index (κ2) is 14.1. The van der Waals surface area contributed by atoms with Gasteiger partial charge in [0.05, 0.1) is 17.8 Å². The molecule has 0 saturated carbocycles. The molecule has 256 valence electrons. The first-order valence-corrected chi connectivity index (χ1v) is 15.7. The molecule has 0 radical (unpaired) electrons. The number of carbonyl (C=O) groups excluding carboxylic acids is 2. The van der Waals surface area contributed by atoms with E-state index in [9.17, 15) is 9.59 Å². The van der Waals surface area contributed by atoms with Gasteiger partial charge in [0, 0.05) is 17.4 Å². The van der Waals surface area contributed by atoms with Crippen molar-refractivity contribution in [1.82, 2.24) is 15.5 Å². The summed E-state index contributed by atoms with van der Waals surface area (Å²) in [5, 5.41) is 10.2. The number of halogens is 3. The van der Waals surface area contributed by atoms with E-state index in [2.05, 4.69) is 15.5 Å². The number of aromatic nitrogens is 2. The van der Waals surface area contributed by atoms with Crippen molar-refractivity contribution in [2.24, 2.45) is 0 Å². The van der Waals surface area contributed by atoms with Crippen molar-refractivity contribution in [2.75, 3.05) is 4.90 Å². The van der Waals surface area contributed by atoms with Crippen LogP contribution < -0.4 is 15.0 Å². The third-order valence-electron chi connectivity index (χ3n) is 7.03. The van der Waals surface area contributed by atoms with E-state index in [1.807, 2.05) is 52.8 Å². The normalized spacial score (nSPS) is 15.9. The number of rotatable bonds is 6. The van der Waals surface area contributed by atoms with Crippen LogP contribution in [0.15, 0.2) is 71.1 Å². The molecule has 12 heteroatoms. The van der Waals surface area contributed by atoms with Crippen molar-refractivity contribution in [3.63, 3.8) is 0 Å². The highest BCUT2D eigenvalue weighted by molar-refractivity contribution is 6.00. The smallest absolute Gasteiger partial charge is 0.408 e. The van der Waals surface area contributed by atoms with E-state index >= 15 is 13.2 Å². The number of amides is 2. The fraction of sp³-hybridized carbons (Fsp3) is 0.389. The molecular weight excluding hydrogens is 625 g/mol. The van der Waals surface area contributed by atoms with Crippen LogP contribution in [-0.2, 0) is 27.4 Å². The van der Waals surface area contributed by atoms with Crippen LogP contribution in [0.2, 0.25) is 0 Å². The number of hydrogen-bond acceptors (Lipinski definition) is 7. The molecule has 0 fully saturated rings. The fourth-order valence-electron chi connectivity index (χ4n) is 4.83. The van der Waals surface area contributed by atoms with Gasteiger partial charge in [-0.2, -0.15) is 0 Å². The molecule has 5 rings (SSSR count). The molecule has 3 aromatic carbocycles. The van der Waals surface area contributed by atoms with Crippen LogP contribution in [0.4, 0.5) is 23.7 Å². The molecule has 4 aromatic rings. The van der Waals surface area contributed by atoms with Crippen molar-refractivity contribution in [2.45, 2.75) is 91.3 Å². The van der Waals surface area contributed by atoms with Crippen molar-refractivity contribution >= 4 is 17.7 Å². The first kappa shape index (κ1) is 36.0. The van der Waals surface area contributed by atoms with Gasteiger partial charge in [0.2, 0.25) is 11.8 Å². The number of carbonyl (C=O) groups is 2. The topological polar surface area (TPSA) is 107 Å². The molecule has 0 aliphatic carbocycles. The minimum atomic E-state index is -3.72. The number of hydrogen-bond donors (Lipinski definition) is 1. The van der Waals surface area contributed by atoms with E-state index in [0.29, 0.717) is 23.1 Å². The van der Waals surface area contributed by atoms with Crippen molar-refractivity contribution in [1.29, 1.82) is 0 Å². The van der Waals surface area contributed by atoms with Crippen LogP contribution in [0.25, 0.3) is 11.5 Å². The highest BCUT2D eigenvalue weighted by atomic mass is 19.3. The SMILES string of the molecule is CC.CC(C)(C)OC(=O)NC1CC(F)(F)c2cc(F)c(-c3nnc(C(C)(C)C)o3)cc2N(Cc2ccc(Oc3ccccc3)cc2)C1=O. The number of alkyl carbamates (subject to hydrolysis) is 1. The number of ether oxygens (including phenoxy) is 2. The standard InChI is InChI=1S/C34H35F3N4O5.C2H6/c1-32(2,3)30-40-39-28(45-30)23-16-27-24(17-25(23)35)34(36,37)18-26(38-31(43)46-33(4,5)6)29(42)41(27)19-20-12-14-22(15-13-20)44-21-10-8-7-9-11-21;1-2/h7-17,26H,18-19H2,1-6H3,(H,38,43);1-2H3. The molecule has 1 aliphatic rings. The fourth-order valence-corrected chi connectivity index (χ4v) is 4.83.